The summed E-state index contributed by atoms with van der Waals surface area (Å²) in [6, 6.07) is 0. The molecule has 11 heavy (non-hydrogen) atoms. The molecular formula is C10H26O. The normalized spacial score (nSPS) is 14.2. The van der Waals surface area contributed by atoms with E-state index < -0.39 is 0 Å². The minimum absolute atomic E-state index is 0. The van der Waals surface area contributed by atoms with Crippen LogP contribution in [0.5, 0.6) is 0 Å². The Hall–Kier alpha value is -0.0400. The second kappa shape index (κ2) is 9.96. The van der Waals surface area contributed by atoms with Gasteiger partial charge in [0, 0.05) is 0 Å². The highest BCUT2D eigenvalue weighted by atomic mass is 16.3. The van der Waals surface area contributed by atoms with Gasteiger partial charge in [-0.1, -0.05) is 35.1 Å². The summed E-state index contributed by atoms with van der Waals surface area (Å²) >= 11 is 0. The van der Waals surface area contributed by atoms with Gasteiger partial charge in [-0.15, -0.1) is 0 Å². The van der Waals surface area contributed by atoms with Crippen molar-refractivity contribution in [3.63, 3.8) is 0 Å². The van der Waals surface area contributed by atoms with Crippen LogP contribution in [-0.2, 0) is 0 Å². The molecule has 0 aromatic carbocycles. The van der Waals surface area contributed by atoms with Gasteiger partial charge in [-0.05, 0) is 25.7 Å². The Labute approximate surface area is 72.8 Å². The molecule has 0 bridgehead atoms. The summed E-state index contributed by atoms with van der Waals surface area (Å²) in [5.74, 6) is 0.777. The maximum Gasteiger partial charge on any atom is 0.0512 e. The maximum absolute atomic E-state index is 8.90. The van der Waals surface area contributed by atoms with Gasteiger partial charge in [0.25, 0.3) is 0 Å². The first-order valence-corrected chi connectivity index (χ1v) is 3.84. The third-order valence-corrected chi connectivity index (χ3v) is 1.77. The van der Waals surface area contributed by atoms with Crippen molar-refractivity contribution in [2.45, 2.75) is 61.0 Å². The summed E-state index contributed by atoms with van der Waals surface area (Å²) in [4.78, 5) is 0. The van der Waals surface area contributed by atoms with Crippen LogP contribution in [0.3, 0.4) is 0 Å². The van der Waals surface area contributed by atoms with E-state index in [0.717, 1.165) is 18.8 Å². The van der Waals surface area contributed by atoms with E-state index >= 15 is 0 Å². The standard InChI is InChI=1S/C8H18O.2CH4/c1-4-7(2)5-6-8(3)9;;/h7-9H,4-6H2,1-3H3;2*1H4. The van der Waals surface area contributed by atoms with E-state index in [2.05, 4.69) is 13.8 Å². The fourth-order valence-electron chi connectivity index (χ4n) is 0.730. The Morgan fingerprint density at radius 3 is 1.82 bits per heavy atom. The van der Waals surface area contributed by atoms with Crippen LogP contribution in [0.15, 0.2) is 0 Å². The third-order valence-electron chi connectivity index (χ3n) is 1.77. The lowest BCUT2D eigenvalue weighted by molar-refractivity contribution is 0.174. The number of aliphatic hydroxyl groups excluding tert-OH is 1. The summed E-state index contributed by atoms with van der Waals surface area (Å²) in [5, 5.41) is 8.90. The van der Waals surface area contributed by atoms with Gasteiger partial charge >= 0.3 is 0 Å². The van der Waals surface area contributed by atoms with Gasteiger partial charge in [-0.3, -0.25) is 0 Å². The van der Waals surface area contributed by atoms with Crippen molar-refractivity contribution >= 4 is 0 Å². The van der Waals surface area contributed by atoms with Crippen molar-refractivity contribution in [1.29, 1.82) is 0 Å². The molecule has 2 unspecified atom stereocenters. The third kappa shape index (κ3) is 13.0. The van der Waals surface area contributed by atoms with Gasteiger partial charge in [0.2, 0.25) is 0 Å². The minimum atomic E-state index is -0.112. The molecular weight excluding hydrogens is 136 g/mol. The van der Waals surface area contributed by atoms with Crippen LogP contribution in [0.4, 0.5) is 0 Å². The molecule has 0 spiro atoms. The molecule has 0 aromatic heterocycles. The van der Waals surface area contributed by atoms with E-state index in [1.165, 1.54) is 6.42 Å². The molecule has 1 heteroatoms. The maximum atomic E-state index is 8.90. The highest BCUT2D eigenvalue weighted by Gasteiger charge is 2.00. The van der Waals surface area contributed by atoms with Crippen LogP contribution in [0, 0.1) is 5.92 Å². The van der Waals surface area contributed by atoms with Crippen LogP contribution in [-0.4, -0.2) is 11.2 Å². The monoisotopic (exact) mass is 162 g/mol. The van der Waals surface area contributed by atoms with E-state index in [9.17, 15) is 0 Å². The predicted octanol–water partition coefficient (Wildman–Crippen LogP) is 3.47. The van der Waals surface area contributed by atoms with Crippen LogP contribution in [0.25, 0.3) is 0 Å². The molecule has 0 amide bonds. The van der Waals surface area contributed by atoms with Crippen molar-refractivity contribution in [3.8, 4) is 0 Å². The van der Waals surface area contributed by atoms with Crippen molar-refractivity contribution < 1.29 is 5.11 Å². The molecule has 0 radical (unpaired) electrons. The molecule has 0 rings (SSSR count). The Bertz CT molecular complexity index is 59.9. The minimum Gasteiger partial charge on any atom is -0.393 e. The Balaban J connectivity index is -0.000000320. The van der Waals surface area contributed by atoms with Gasteiger partial charge < -0.3 is 5.11 Å². The SMILES string of the molecule is C.C.CCC(C)CCC(C)O. The van der Waals surface area contributed by atoms with Crippen LogP contribution in [0.1, 0.15) is 54.9 Å². The predicted molar refractivity (Wildman–Crippen MR) is 53.8 cm³/mol. The Morgan fingerprint density at radius 2 is 1.55 bits per heavy atom. The average molecular weight is 162 g/mol. The quantitative estimate of drug-likeness (QED) is 0.671. The van der Waals surface area contributed by atoms with E-state index in [-0.39, 0.29) is 21.0 Å². The molecule has 0 aliphatic rings. The van der Waals surface area contributed by atoms with Crippen molar-refractivity contribution in [1.82, 2.24) is 0 Å². The molecule has 1 N–H and O–H groups in total. The van der Waals surface area contributed by atoms with Gasteiger partial charge in [-0.25, -0.2) is 0 Å². The largest absolute Gasteiger partial charge is 0.393 e. The molecule has 2 atom stereocenters. The summed E-state index contributed by atoms with van der Waals surface area (Å²) in [5.41, 5.74) is 0. The Morgan fingerprint density at radius 1 is 1.09 bits per heavy atom. The second-order valence-electron chi connectivity index (χ2n) is 2.94. The lowest BCUT2D eigenvalue weighted by Gasteiger charge is -2.08. The summed E-state index contributed by atoms with van der Waals surface area (Å²) in [6.07, 6.45) is 3.23. The zero-order chi connectivity index (χ0) is 7.28. The highest BCUT2D eigenvalue weighted by molar-refractivity contribution is 4.53. The zero-order valence-corrected chi connectivity index (χ0v) is 6.72. The van der Waals surface area contributed by atoms with Crippen molar-refractivity contribution in [3.05, 3.63) is 0 Å². The van der Waals surface area contributed by atoms with E-state index in [0.29, 0.717) is 0 Å². The molecule has 0 saturated carbocycles. The zero-order valence-electron chi connectivity index (χ0n) is 6.72. The molecule has 0 fully saturated rings. The molecule has 72 valence electrons. The fourth-order valence-corrected chi connectivity index (χ4v) is 0.730. The van der Waals surface area contributed by atoms with E-state index in [4.69, 9.17) is 5.11 Å². The number of rotatable bonds is 4. The molecule has 0 aliphatic heterocycles. The molecule has 1 nitrogen and oxygen atoms in total. The van der Waals surface area contributed by atoms with Gasteiger partial charge in [0.05, 0.1) is 6.10 Å². The first-order chi connectivity index (χ1) is 4.16. The van der Waals surface area contributed by atoms with Crippen LogP contribution in [0.2, 0.25) is 0 Å². The highest BCUT2D eigenvalue weighted by Crippen LogP contribution is 2.10. The first-order valence-electron chi connectivity index (χ1n) is 3.84. The molecule has 0 heterocycles. The molecule has 0 aliphatic carbocycles. The van der Waals surface area contributed by atoms with Gasteiger partial charge in [-0.2, -0.15) is 0 Å². The van der Waals surface area contributed by atoms with Crippen LogP contribution < -0.4 is 0 Å². The number of hydrogen-bond donors (Lipinski definition) is 1. The summed E-state index contributed by atoms with van der Waals surface area (Å²) in [6.45, 7) is 6.26. The smallest absolute Gasteiger partial charge is 0.0512 e. The first kappa shape index (κ1) is 17.2. The lowest BCUT2D eigenvalue weighted by atomic mass is 10.0. The summed E-state index contributed by atoms with van der Waals surface area (Å²) < 4.78 is 0. The topological polar surface area (TPSA) is 20.2 Å². The molecule has 0 aromatic rings. The average Bonchev–Trinajstić information content (AvgIpc) is 1.83. The van der Waals surface area contributed by atoms with Crippen molar-refractivity contribution in [2.75, 3.05) is 0 Å². The van der Waals surface area contributed by atoms with Crippen molar-refractivity contribution in [2.24, 2.45) is 5.92 Å². The number of aliphatic hydroxyl groups is 1. The fraction of sp³-hybridized carbons (Fsp3) is 1.00. The van der Waals surface area contributed by atoms with Gasteiger partial charge in [0.1, 0.15) is 0 Å². The lowest BCUT2D eigenvalue weighted by Crippen LogP contribution is -2.02. The second-order valence-corrected chi connectivity index (χ2v) is 2.94. The van der Waals surface area contributed by atoms with Gasteiger partial charge in [0.15, 0.2) is 0 Å². The number of hydrogen-bond acceptors (Lipinski definition) is 1. The molecule has 0 saturated heterocycles. The Kier molecular flexibility index (Phi) is 15.5. The van der Waals surface area contributed by atoms with Crippen LogP contribution >= 0.6 is 0 Å². The van der Waals surface area contributed by atoms with E-state index in [1.807, 2.05) is 6.92 Å². The summed E-state index contributed by atoms with van der Waals surface area (Å²) in [7, 11) is 0. The van der Waals surface area contributed by atoms with E-state index in [1.54, 1.807) is 0 Å².